The minimum absolute atomic E-state index is 0.206. The molecule has 2 aliphatic heterocycles. The van der Waals surface area contributed by atoms with Crippen LogP contribution in [0.4, 0.5) is 0 Å². The van der Waals surface area contributed by atoms with Gasteiger partial charge in [-0.05, 0) is 38.5 Å². The van der Waals surface area contributed by atoms with Crippen LogP contribution in [-0.4, -0.2) is 140 Å². The average molecular weight is 1000 g/mol. The summed E-state index contributed by atoms with van der Waals surface area (Å²) in [5, 5.41) is 87.1. The molecule has 0 aliphatic carbocycles. The van der Waals surface area contributed by atoms with E-state index < -0.39 is 86.8 Å². The van der Waals surface area contributed by atoms with Gasteiger partial charge in [0.1, 0.15) is 48.8 Å². The zero-order valence-electron chi connectivity index (χ0n) is 44.3. The summed E-state index contributed by atoms with van der Waals surface area (Å²) in [6, 6.07) is -0.826. The maximum atomic E-state index is 13.3. The molecule has 1 amide bonds. The minimum Gasteiger partial charge on any atom is -0.394 e. The molecular formula is C56H107NO13. The fourth-order valence-corrected chi connectivity index (χ4v) is 9.76. The quantitative estimate of drug-likeness (QED) is 0.0205. The lowest BCUT2D eigenvalue weighted by molar-refractivity contribution is -0.359. The summed E-state index contributed by atoms with van der Waals surface area (Å²) in [5.41, 5.74) is 0. The molecule has 0 spiro atoms. The second-order valence-corrected chi connectivity index (χ2v) is 20.8. The average Bonchev–Trinajstić information content (AvgIpc) is 3.36. The number of carbonyl (C=O) groups is 1. The van der Waals surface area contributed by atoms with Gasteiger partial charge in [-0.25, -0.2) is 0 Å². The number of allylic oxidation sites excluding steroid dienone is 2. The van der Waals surface area contributed by atoms with E-state index in [0.717, 1.165) is 51.4 Å². The number of unbranched alkanes of at least 4 members (excludes halogenated alkanes) is 31. The van der Waals surface area contributed by atoms with Gasteiger partial charge in [-0.15, -0.1) is 0 Å². The number of aliphatic hydroxyl groups excluding tert-OH is 8. The Labute approximate surface area is 425 Å². The zero-order chi connectivity index (χ0) is 51.0. The smallest absolute Gasteiger partial charge is 0.220 e. The van der Waals surface area contributed by atoms with Crippen LogP contribution < -0.4 is 5.32 Å². The molecule has 2 heterocycles. The first-order chi connectivity index (χ1) is 34.1. The minimum atomic E-state index is -1.78. The van der Waals surface area contributed by atoms with Crippen LogP contribution >= 0.6 is 0 Å². The van der Waals surface area contributed by atoms with Gasteiger partial charge in [0.15, 0.2) is 12.6 Å². The molecule has 9 N–H and O–H groups in total. The lowest BCUT2D eigenvalue weighted by Gasteiger charge is -2.46. The normalized spacial score (nSPS) is 26.0. The number of carbonyl (C=O) groups excluding carboxylic acids is 1. The van der Waals surface area contributed by atoms with Crippen molar-refractivity contribution in [3.8, 4) is 0 Å². The van der Waals surface area contributed by atoms with Gasteiger partial charge in [0.2, 0.25) is 5.91 Å². The number of hydrogen-bond donors (Lipinski definition) is 9. The highest BCUT2D eigenvalue weighted by atomic mass is 16.7. The molecule has 2 rings (SSSR count). The predicted octanol–water partition coefficient (Wildman–Crippen LogP) is 9.11. The highest BCUT2D eigenvalue weighted by molar-refractivity contribution is 5.76. The van der Waals surface area contributed by atoms with Gasteiger partial charge in [0.25, 0.3) is 0 Å². The van der Waals surface area contributed by atoms with Gasteiger partial charge in [0, 0.05) is 6.42 Å². The fraction of sp³-hybridized carbons (Fsp3) is 0.946. The predicted molar refractivity (Wildman–Crippen MR) is 277 cm³/mol. The third-order valence-electron chi connectivity index (χ3n) is 14.5. The number of hydrogen-bond acceptors (Lipinski definition) is 13. The fourth-order valence-electron chi connectivity index (χ4n) is 9.76. The van der Waals surface area contributed by atoms with Crippen LogP contribution in [0.1, 0.15) is 245 Å². The number of amides is 1. The molecule has 0 saturated carbocycles. The van der Waals surface area contributed by atoms with Crippen LogP contribution in [0.2, 0.25) is 0 Å². The van der Waals surface area contributed by atoms with E-state index in [1.807, 2.05) is 0 Å². The Morgan fingerprint density at radius 3 is 1.36 bits per heavy atom. The van der Waals surface area contributed by atoms with Crippen molar-refractivity contribution in [2.75, 3.05) is 19.8 Å². The molecule has 70 heavy (non-hydrogen) atoms. The Morgan fingerprint density at radius 2 is 0.900 bits per heavy atom. The van der Waals surface area contributed by atoms with E-state index in [1.54, 1.807) is 0 Å². The maximum absolute atomic E-state index is 13.3. The highest BCUT2D eigenvalue weighted by Gasteiger charge is 2.51. The zero-order valence-corrected chi connectivity index (χ0v) is 44.3. The van der Waals surface area contributed by atoms with Gasteiger partial charge in [-0.2, -0.15) is 0 Å². The Morgan fingerprint density at radius 1 is 0.500 bits per heavy atom. The number of aliphatic hydroxyl groups is 8. The molecule has 0 bridgehead atoms. The van der Waals surface area contributed by atoms with E-state index in [2.05, 4.69) is 31.3 Å². The van der Waals surface area contributed by atoms with Crippen LogP contribution in [0, 0.1) is 0 Å². The molecule has 14 heteroatoms. The first kappa shape index (κ1) is 64.8. The molecular weight excluding hydrogens is 895 g/mol. The third kappa shape index (κ3) is 29.0. The molecule has 12 unspecified atom stereocenters. The Kier molecular flexibility index (Phi) is 39.9. The number of ether oxygens (including phenoxy) is 4. The van der Waals surface area contributed by atoms with Crippen LogP contribution in [0.3, 0.4) is 0 Å². The summed E-state index contributed by atoms with van der Waals surface area (Å²) >= 11 is 0. The standard InChI is InChI=1S/C56H107NO13/c1-3-5-7-9-11-13-15-17-19-20-21-22-23-24-26-28-30-32-34-36-38-40-48(61)57-44(45(60)39-37-35-33-31-29-27-25-18-16-14-12-10-8-6-4-2)43-67-55-53(66)51(64)54(47(42-59)69-55)70-56-52(65)50(63)49(62)46(41-58)68-56/h20-21,44-47,49-56,58-60,62-66H,3-19,22-43H2,1-2H3,(H,57,61)/b21-20-. The van der Waals surface area contributed by atoms with Gasteiger partial charge >= 0.3 is 0 Å². The van der Waals surface area contributed by atoms with Crippen molar-refractivity contribution in [1.29, 1.82) is 0 Å². The van der Waals surface area contributed by atoms with Gasteiger partial charge in [-0.3, -0.25) is 4.79 Å². The number of nitrogens with one attached hydrogen (secondary N) is 1. The summed E-state index contributed by atoms with van der Waals surface area (Å²) in [6.45, 7) is 2.88. The monoisotopic (exact) mass is 1000 g/mol. The highest BCUT2D eigenvalue weighted by Crippen LogP contribution is 2.30. The summed E-state index contributed by atoms with van der Waals surface area (Å²) in [5.74, 6) is -0.206. The van der Waals surface area contributed by atoms with Crippen LogP contribution in [-0.2, 0) is 23.7 Å². The lowest BCUT2D eigenvalue weighted by Crippen LogP contribution is -2.65. The largest absolute Gasteiger partial charge is 0.394 e. The molecule has 0 aromatic heterocycles. The van der Waals surface area contributed by atoms with Gasteiger partial charge in [0.05, 0.1) is 32.0 Å². The lowest BCUT2D eigenvalue weighted by atomic mass is 9.97. The third-order valence-corrected chi connectivity index (χ3v) is 14.5. The Hall–Kier alpha value is -1.27. The van der Waals surface area contributed by atoms with Crippen molar-refractivity contribution in [2.24, 2.45) is 0 Å². The molecule has 2 saturated heterocycles. The van der Waals surface area contributed by atoms with Gasteiger partial charge in [-0.1, -0.05) is 212 Å². The molecule has 0 aromatic carbocycles. The van der Waals surface area contributed by atoms with E-state index in [-0.39, 0.29) is 12.5 Å². The van der Waals surface area contributed by atoms with Crippen LogP contribution in [0.15, 0.2) is 12.2 Å². The van der Waals surface area contributed by atoms with Crippen molar-refractivity contribution in [1.82, 2.24) is 5.32 Å². The molecule has 0 aromatic rings. The molecule has 414 valence electrons. The van der Waals surface area contributed by atoms with Crippen molar-refractivity contribution in [2.45, 2.75) is 319 Å². The van der Waals surface area contributed by atoms with Crippen LogP contribution in [0.25, 0.3) is 0 Å². The number of rotatable bonds is 46. The summed E-state index contributed by atoms with van der Waals surface area (Å²) < 4.78 is 22.8. The molecule has 12 atom stereocenters. The molecule has 0 radical (unpaired) electrons. The Balaban J connectivity index is 1.76. The maximum Gasteiger partial charge on any atom is 0.220 e. The molecule has 2 fully saturated rings. The first-order valence-electron chi connectivity index (χ1n) is 28.9. The first-order valence-corrected chi connectivity index (χ1v) is 28.9. The Bertz CT molecular complexity index is 1230. The summed E-state index contributed by atoms with van der Waals surface area (Å²) in [4.78, 5) is 13.3. The van der Waals surface area contributed by atoms with Crippen LogP contribution in [0.5, 0.6) is 0 Å². The van der Waals surface area contributed by atoms with Gasteiger partial charge < -0.3 is 65.1 Å². The second kappa shape index (κ2) is 43.0. The van der Waals surface area contributed by atoms with Crippen molar-refractivity contribution < 1.29 is 64.6 Å². The van der Waals surface area contributed by atoms with E-state index in [0.29, 0.717) is 12.8 Å². The molecule has 14 nitrogen and oxygen atoms in total. The van der Waals surface area contributed by atoms with Crippen molar-refractivity contribution in [3.63, 3.8) is 0 Å². The summed E-state index contributed by atoms with van der Waals surface area (Å²) in [7, 11) is 0. The van der Waals surface area contributed by atoms with Crippen molar-refractivity contribution in [3.05, 3.63) is 12.2 Å². The molecule has 2 aliphatic rings. The van der Waals surface area contributed by atoms with Crippen molar-refractivity contribution >= 4 is 5.91 Å². The van der Waals surface area contributed by atoms with E-state index in [4.69, 9.17) is 18.9 Å². The van der Waals surface area contributed by atoms with E-state index in [9.17, 15) is 45.6 Å². The topological polar surface area (TPSA) is 228 Å². The second-order valence-electron chi connectivity index (χ2n) is 20.8. The summed E-state index contributed by atoms with van der Waals surface area (Å²) in [6.07, 6.45) is 30.6. The SMILES string of the molecule is CCCCCCCCCC/C=C\CCCCCCCCCCCC(=O)NC(COC1OC(CO)C(OC2OC(CO)C(O)C(O)C2O)C(O)C1O)C(O)CCCCCCCCCCCCCCCCC. The van der Waals surface area contributed by atoms with E-state index in [1.165, 1.54) is 167 Å². The van der Waals surface area contributed by atoms with E-state index >= 15 is 0 Å².